The second-order valence-corrected chi connectivity index (χ2v) is 6.58. The Labute approximate surface area is 117 Å². The van der Waals surface area contributed by atoms with Crippen molar-refractivity contribution < 1.29 is 18.4 Å². The molecule has 1 aliphatic carbocycles. The van der Waals surface area contributed by atoms with Crippen LogP contribution in [0, 0.1) is 11.3 Å². The maximum atomic E-state index is 12.9. The molecule has 1 spiro atoms. The van der Waals surface area contributed by atoms with Crippen molar-refractivity contribution in [1.82, 2.24) is 9.80 Å². The van der Waals surface area contributed by atoms with E-state index in [1.54, 1.807) is 16.8 Å². The van der Waals surface area contributed by atoms with Crippen molar-refractivity contribution in [3.05, 3.63) is 0 Å². The van der Waals surface area contributed by atoms with Gasteiger partial charge in [-0.25, -0.2) is 8.78 Å². The Kier molecular flexibility index (Phi) is 3.03. The molecule has 2 heterocycles. The zero-order valence-corrected chi connectivity index (χ0v) is 11.7. The third kappa shape index (κ3) is 2.09. The van der Waals surface area contributed by atoms with E-state index in [9.17, 15) is 18.4 Å². The van der Waals surface area contributed by atoms with E-state index < -0.39 is 17.3 Å². The number of carbonyl (C=O) groups is 2. The molecule has 1 saturated carbocycles. The largest absolute Gasteiger partial charge is 0.345 e. The van der Waals surface area contributed by atoms with Gasteiger partial charge in [0.05, 0.1) is 5.41 Å². The predicted octanol–water partition coefficient (Wildman–Crippen LogP) is 1.50. The first kappa shape index (κ1) is 13.8. The van der Waals surface area contributed by atoms with Gasteiger partial charge in [-0.2, -0.15) is 0 Å². The number of hydrogen-bond acceptors (Lipinski definition) is 2. The molecule has 0 N–H and O–H groups in total. The molecule has 112 valence electrons. The molecule has 2 aliphatic heterocycles. The molecule has 3 fully saturated rings. The molecule has 2 saturated heterocycles. The number of amides is 2. The first-order chi connectivity index (χ1) is 9.33. The molecule has 6 heteroatoms. The average molecular weight is 286 g/mol. The Morgan fingerprint density at radius 1 is 1.25 bits per heavy atom. The Balaban J connectivity index is 1.67. The van der Waals surface area contributed by atoms with E-state index in [1.807, 2.05) is 0 Å². The minimum absolute atomic E-state index is 0.105. The lowest BCUT2D eigenvalue weighted by molar-refractivity contribution is -0.163. The fourth-order valence-corrected chi connectivity index (χ4v) is 3.79. The summed E-state index contributed by atoms with van der Waals surface area (Å²) in [6.07, 6.45) is 1.70. The summed E-state index contributed by atoms with van der Waals surface area (Å²) < 4.78 is 25.8. The molecule has 3 rings (SSSR count). The van der Waals surface area contributed by atoms with Crippen molar-refractivity contribution in [2.45, 2.75) is 38.0 Å². The van der Waals surface area contributed by atoms with Gasteiger partial charge in [0, 0.05) is 45.4 Å². The number of rotatable bonds is 1. The van der Waals surface area contributed by atoms with E-state index in [0.717, 1.165) is 25.8 Å². The van der Waals surface area contributed by atoms with E-state index in [0.29, 0.717) is 13.1 Å². The van der Waals surface area contributed by atoms with Crippen LogP contribution in [0.15, 0.2) is 0 Å². The quantitative estimate of drug-likeness (QED) is 0.733. The van der Waals surface area contributed by atoms with Crippen molar-refractivity contribution in [2.24, 2.45) is 11.3 Å². The second-order valence-electron chi connectivity index (χ2n) is 6.58. The molecule has 0 aromatic heterocycles. The Morgan fingerprint density at radius 2 is 1.95 bits per heavy atom. The van der Waals surface area contributed by atoms with E-state index in [1.165, 1.54) is 0 Å². The summed E-state index contributed by atoms with van der Waals surface area (Å²) in [6, 6.07) is 0. The Bertz CT molecular complexity index is 442. The molecule has 2 amide bonds. The molecule has 0 aromatic carbocycles. The smallest absolute Gasteiger partial charge is 0.249 e. The number of likely N-dealkylation sites (tertiary alicyclic amines) is 2. The van der Waals surface area contributed by atoms with Crippen LogP contribution in [0.2, 0.25) is 0 Å². The standard InChI is InChI=1S/C14H20F2N2O2/c1-17-6-4-13(12(17)20)3-2-5-18(9-13)11(19)10-7-14(15,16)8-10/h10H,2-9H2,1H3. The highest BCUT2D eigenvalue weighted by Gasteiger charge is 2.53. The van der Waals surface area contributed by atoms with Crippen LogP contribution in [-0.2, 0) is 9.59 Å². The highest BCUT2D eigenvalue weighted by atomic mass is 19.3. The van der Waals surface area contributed by atoms with Crippen LogP contribution in [0.1, 0.15) is 32.1 Å². The van der Waals surface area contributed by atoms with Gasteiger partial charge in [0.15, 0.2) is 0 Å². The van der Waals surface area contributed by atoms with Gasteiger partial charge in [0.2, 0.25) is 17.7 Å². The molecule has 1 unspecified atom stereocenters. The van der Waals surface area contributed by atoms with Gasteiger partial charge in [-0.1, -0.05) is 0 Å². The Hall–Kier alpha value is -1.20. The maximum absolute atomic E-state index is 12.9. The normalized spacial score (nSPS) is 33.6. The van der Waals surface area contributed by atoms with Crippen LogP contribution in [-0.4, -0.2) is 54.2 Å². The van der Waals surface area contributed by atoms with Crippen LogP contribution >= 0.6 is 0 Å². The number of piperidine rings is 1. The first-order valence-electron chi connectivity index (χ1n) is 7.25. The second kappa shape index (κ2) is 4.40. The zero-order chi connectivity index (χ0) is 14.5. The minimum Gasteiger partial charge on any atom is -0.345 e. The lowest BCUT2D eigenvalue weighted by Crippen LogP contribution is -2.53. The predicted molar refractivity (Wildman–Crippen MR) is 68.2 cm³/mol. The van der Waals surface area contributed by atoms with Crippen LogP contribution in [0.3, 0.4) is 0 Å². The molecular formula is C14H20F2N2O2. The third-order valence-corrected chi connectivity index (χ3v) is 5.05. The van der Waals surface area contributed by atoms with Gasteiger partial charge < -0.3 is 9.80 Å². The third-order valence-electron chi connectivity index (χ3n) is 5.05. The summed E-state index contributed by atoms with van der Waals surface area (Å²) in [5, 5.41) is 0. The average Bonchev–Trinajstić information content (AvgIpc) is 2.64. The fraction of sp³-hybridized carbons (Fsp3) is 0.857. The molecule has 20 heavy (non-hydrogen) atoms. The number of nitrogens with zero attached hydrogens (tertiary/aromatic N) is 2. The Morgan fingerprint density at radius 3 is 2.50 bits per heavy atom. The highest BCUT2D eigenvalue weighted by molar-refractivity contribution is 5.87. The topological polar surface area (TPSA) is 40.6 Å². The monoisotopic (exact) mass is 286 g/mol. The van der Waals surface area contributed by atoms with Crippen molar-refractivity contribution in [3.63, 3.8) is 0 Å². The van der Waals surface area contributed by atoms with Gasteiger partial charge in [0.1, 0.15) is 0 Å². The van der Waals surface area contributed by atoms with Crippen LogP contribution in [0.4, 0.5) is 8.78 Å². The minimum atomic E-state index is -2.67. The van der Waals surface area contributed by atoms with Crippen molar-refractivity contribution in [2.75, 3.05) is 26.7 Å². The van der Waals surface area contributed by atoms with Crippen molar-refractivity contribution >= 4 is 11.8 Å². The summed E-state index contributed by atoms with van der Waals surface area (Å²) >= 11 is 0. The van der Waals surface area contributed by atoms with E-state index >= 15 is 0 Å². The molecule has 0 radical (unpaired) electrons. The van der Waals surface area contributed by atoms with Crippen LogP contribution < -0.4 is 0 Å². The van der Waals surface area contributed by atoms with Crippen molar-refractivity contribution in [1.29, 1.82) is 0 Å². The SMILES string of the molecule is CN1CCC2(CCCN(C(=O)C3CC(F)(F)C3)C2)C1=O. The van der Waals surface area contributed by atoms with Gasteiger partial charge in [0.25, 0.3) is 0 Å². The first-order valence-corrected chi connectivity index (χ1v) is 7.25. The van der Waals surface area contributed by atoms with Gasteiger partial charge in [-0.3, -0.25) is 9.59 Å². The van der Waals surface area contributed by atoms with E-state index in [4.69, 9.17) is 0 Å². The fourth-order valence-electron chi connectivity index (χ4n) is 3.79. The molecule has 4 nitrogen and oxygen atoms in total. The molecule has 0 bridgehead atoms. The van der Waals surface area contributed by atoms with Crippen molar-refractivity contribution in [3.8, 4) is 0 Å². The molecule has 1 atom stereocenters. The van der Waals surface area contributed by atoms with Gasteiger partial charge >= 0.3 is 0 Å². The van der Waals surface area contributed by atoms with Gasteiger partial charge in [-0.05, 0) is 19.3 Å². The van der Waals surface area contributed by atoms with Gasteiger partial charge in [-0.15, -0.1) is 0 Å². The summed E-state index contributed by atoms with van der Waals surface area (Å²) in [5.41, 5.74) is -0.449. The number of hydrogen-bond donors (Lipinski definition) is 0. The number of carbonyl (C=O) groups excluding carboxylic acids is 2. The summed E-state index contributed by atoms with van der Waals surface area (Å²) in [7, 11) is 1.78. The van der Waals surface area contributed by atoms with Crippen LogP contribution in [0.25, 0.3) is 0 Å². The number of alkyl halides is 2. The summed E-state index contributed by atoms with van der Waals surface area (Å²) in [4.78, 5) is 27.9. The maximum Gasteiger partial charge on any atom is 0.249 e. The highest BCUT2D eigenvalue weighted by Crippen LogP contribution is 2.45. The lowest BCUT2D eigenvalue weighted by Gasteiger charge is -2.43. The zero-order valence-electron chi connectivity index (χ0n) is 11.7. The molecule has 3 aliphatic rings. The summed E-state index contributed by atoms with van der Waals surface area (Å²) in [6.45, 7) is 1.74. The molecule has 0 aromatic rings. The van der Waals surface area contributed by atoms with Crippen LogP contribution in [0.5, 0.6) is 0 Å². The molecular weight excluding hydrogens is 266 g/mol. The number of halogens is 2. The van der Waals surface area contributed by atoms with E-state index in [2.05, 4.69) is 0 Å². The van der Waals surface area contributed by atoms with E-state index in [-0.39, 0.29) is 24.7 Å². The lowest BCUT2D eigenvalue weighted by atomic mass is 9.76. The summed E-state index contributed by atoms with van der Waals surface area (Å²) in [5.74, 6) is -3.29.